The van der Waals surface area contributed by atoms with Gasteiger partial charge in [0.05, 0.1) is 3.55 Å². The van der Waals surface area contributed by atoms with E-state index in [-0.39, 0.29) is 15.0 Å². The van der Waals surface area contributed by atoms with Gasteiger partial charge in [0.15, 0.2) is 0 Å². The van der Waals surface area contributed by atoms with Gasteiger partial charge in [-0.15, -0.1) is 0 Å². The number of thioether (sulfide) groups is 1. The molecule has 1 aliphatic rings. The molecule has 1 saturated heterocycles. The number of nitrogens with two attached hydrogens (primary N) is 1. The standard InChI is InChI=1S/C11H21IN2OS/c1-10(2,13)7-16-8-5-9(15)14(6-8)11(3,4)12/h8H,5-7,13H2,1-4H3. The van der Waals surface area contributed by atoms with Crippen molar-refractivity contribution in [1.82, 2.24) is 4.90 Å². The first kappa shape index (κ1) is 14.6. The Morgan fingerprint density at radius 3 is 2.44 bits per heavy atom. The second-order valence-electron chi connectivity index (χ2n) is 5.54. The molecule has 0 radical (unpaired) electrons. The molecular formula is C11H21IN2OS. The molecule has 3 nitrogen and oxygen atoms in total. The van der Waals surface area contributed by atoms with Crippen LogP contribution in [0, 0.1) is 0 Å². The zero-order chi connectivity index (χ0) is 12.6. The Morgan fingerprint density at radius 2 is 2.06 bits per heavy atom. The minimum Gasteiger partial charge on any atom is -0.328 e. The summed E-state index contributed by atoms with van der Waals surface area (Å²) in [6.45, 7) is 9.06. The van der Waals surface area contributed by atoms with E-state index in [4.69, 9.17) is 5.73 Å². The third-order valence-electron chi connectivity index (χ3n) is 2.42. The first-order valence-corrected chi connectivity index (χ1v) is 7.62. The van der Waals surface area contributed by atoms with Crippen LogP contribution >= 0.6 is 34.4 Å². The highest BCUT2D eigenvalue weighted by Crippen LogP contribution is 2.33. The predicted octanol–water partition coefficient (Wildman–Crippen LogP) is 2.23. The summed E-state index contributed by atoms with van der Waals surface area (Å²) in [5, 5.41) is 0.407. The van der Waals surface area contributed by atoms with Crippen molar-refractivity contribution in [1.29, 1.82) is 0 Å². The predicted molar refractivity (Wildman–Crippen MR) is 78.9 cm³/mol. The Kier molecular flexibility index (Phi) is 4.57. The second-order valence-corrected chi connectivity index (χ2v) is 9.47. The van der Waals surface area contributed by atoms with Gasteiger partial charge in [-0.2, -0.15) is 11.8 Å². The van der Waals surface area contributed by atoms with E-state index in [1.54, 1.807) is 0 Å². The molecule has 1 amide bonds. The van der Waals surface area contributed by atoms with Crippen molar-refractivity contribution in [2.24, 2.45) is 5.73 Å². The van der Waals surface area contributed by atoms with Crippen LogP contribution in [0.4, 0.5) is 0 Å². The molecule has 0 aliphatic carbocycles. The molecule has 1 heterocycles. The molecule has 2 N–H and O–H groups in total. The maximum absolute atomic E-state index is 11.8. The number of amides is 1. The minimum absolute atomic E-state index is 0.0810. The molecule has 0 aromatic carbocycles. The number of hydrogen-bond acceptors (Lipinski definition) is 3. The van der Waals surface area contributed by atoms with E-state index in [0.29, 0.717) is 11.7 Å². The highest BCUT2D eigenvalue weighted by Gasteiger charge is 2.37. The topological polar surface area (TPSA) is 46.3 Å². The zero-order valence-electron chi connectivity index (χ0n) is 10.4. The molecule has 0 bridgehead atoms. The monoisotopic (exact) mass is 356 g/mol. The van der Waals surface area contributed by atoms with Gasteiger partial charge >= 0.3 is 0 Å². The number of hydrogen-bond donors (Lipinski definition) is 1. The van der Waals surface area contributed by atoms with Crippen molar-refractivity contribution in [3.8, 4) is 0 Å². The number of carbonyl (C=O) groups is 1. The van der Waals surface area contributed by atoms with Gasteiger partial charge < -0.3 is 10.6 Å². The Balaban J connectivity index is 2.48. The Hall–Kier alpha value is 0.510. The van der Waals surface area contributed by atoms with Gasteiger partial charge in [-0.1, -0.05) is 22.6 Å². The van der Waals surface area contributed by atoms with Crippen LogP contribution in [0.5, 0.6) is 0 Å². The van der Waals surface area contributed by atoms with Crippen LogP contribution in [0.2, 0.25) is 0 Å². The number of carbonyl (C=O) groups excluding carboxylic acids is 1. The molecule has 1 unspecified atom stereocenters. The van der Waals surface area contributed by atoms with Crippen LogP contribution in [-0.4, -0.2) is 37.4 Å². The first-order chi connectivity index (χ1) is 7.09. The molecule has 1 atom stereocenters. The van der Waals surface area contributed by atoms with Gasteiger partial charge in [-0.05, 0) is 27.7 Å². The SMILES string of the molecule is CC(C)(N)CSC1CC(=O)N(C(C)(C)I)C1. The summed E-state index contributed by atoms with van der Waals surface area (Å²) in [4.78, 5) is 13.8. The fraction of sp³-hybridized carbons (Fsp3) is 0.909. The van der Waals surface area contributed by atoms with Gasteiger partial charge in [0.1, 0.15) is 0 Å². The first-order valence-electron chi connectivity index (χ1n) is 5.49. The fourth-order valence-electron chi connectivity index (χ4n) is 1.63. The Labute approximate surface area is 116 Å². The van der Waals surface area contributed by atoms with E-state index in [0.717, 1.165) is 12.3 Å². The maximum atomic E-state index is 11.8. The van der Waals surface area contributed by atoms with Gasteiger partial charge in [0.25, 0.3) is 0 Å². The molecule has 0 aromatic rings. The largest absolute Gasteiger partial charge is 0.328 e. The smallest absolute Gasteiger partial charge is 0.224 e. The molecular weight excluding hydrogens is 335 g/mol. The molecule has 1 rings (SSSR count). The molecule has 1 fully saturated rings. The summed E-state index contributed by atoms with van der Waals surface area (Å²) in [6, 6.07) is 0. The highest BCUT2D eigenvalue weighted by atomic mass is 127. The number of nitrogens with zero attached hydrogens (tertiary/aromatic N) is 1. The van der Waals surface area contributed by atoms with Crippen LogP contribution < -0.4 is 5.73 Å². The summed E-state index contributed by atoms with van der Waals surface area (Å²) >= 11 is 4.14. The maximum Gasteiger partial charge on any atom is 0.224 e. The van der Waals surface area contributed by atoms with Crippen LogP contribution in [0.25, 0.3) is 0 Å². The second kappa shape index (κ2) is 5.02. The van der Waals surface area contributed by atoms with E-state index >= 15 is 0 Å². The van der Waals surface area contributed by atoms with Crippen molar-refractivity contribution in [3.05, 3.63) is 0 Å². The van der Waals surface area contributed by atoms with Crippen molar-refractivity contribution >= 4 is 40.3 Å². The number of likely N-dealkylation sites (tertiary alicyclic amines) is 1. The Bertz CT molecular complexity index is 270. The summed E-state index contributed by atoms with van der Waals surface area (Å²) in [5.41, 5.74) is 5.80. The van der Waals surface area contributed by atoms with E-state index in [1.807, 2.05) is 30.5 Å². The van der Waals surface area contributed by atoms with E-state index in [9.17, 15) is 4.79 Å². The van der Waals surface area contributed by atoms with Crippen LogP contribution in [0.3, 0.4) is 0 Å². The average molecular weight is 356 g/mol. The van der Waals surface area contributed by atoms with E-state index in [2.05, 4.69) is 36.4 Å². The van der Waals surface area contributed by atoms with Crippen molar-refractivity contribution in [2.45, 2.75) is 48.5 Å². The lowest BCUT2D eigenvalue weighted by Gasteiger charge is -2.30. The number of halogens is 1. The molecule has 1 aliphatic heterocycles. The van der Waals surface area contributed by atoms with Gasteiger partial charge in [0.2, 0.25) is 5.91 Å². The van der Waals surface area contributed by atoms with Crippen LogP contribution in [0.1, 0.15) is 34.1 Å². The lowest BCUT2D eigenvalue weighted by molar-refractivity contribution is -0.129. The van der Waals surface area contributed by atoms with Crippen LogP contribution in [0.15, 0.2) is 0 Å². The van der Waals surface area contributed by atoms with Crippen LogP contribution in [-0.2, 0) is 4.79 Å². The molecule has 0 saturated carbocycles. The molecule has 0 spiro atoms. The molecule has 0 aromatic heterocycles. The van der Waals surface area contributed by atoms with Crippen molar-refractivity contribution < 1.29 is 4.79 Å². The Morgan fingerprint density at radius 1 is 1.50 bits per heavy atom. The normalized spacial score (nSPS) is 23.0. The summed E-state index contributed by atoms with van der Waals surface area (Å²) in [7, 11) is 0. The molecule has 16 heavy (non-hydrogen) atoms. The van der Waals surface area contributed by atoms with Crippen molar-refractivity contribution in [3.63, 3.8) is 0 Å². The van der Waals surface area contributed by atoms with Crippen molar-refractivity contribution in [2.75, 3.05) is 12.3 Å². The van der Waals surface area contributed by atoms with Gasteiger partial charge in [-0.3, -0.25) is 4.79 Å². The minimum atomic E-state index is -0.152. The highest BCUT2D eigenvalue weighted by molar-refractivity contribution is 14.1. The lowest BCUT2D eigenvalue weighted by atomic mass is 10.1. The molecule has 5 heteroatoms. The zero-order valence-corrected chi connectivity index (χ0v) is 13.4. The third kappa shape index (κ3) is 4.41. The van der Waals surface area contributed by atoms with E-state index in [1.165, 1.54) is 0 Å². The quantitative estimate of drug-likeness (QED) is 0.477. The van der Waals surface area contributed by atoms with Gasteiger partial charge in [0, 0.05) is 29.5 Å². The number of rotatable bonds is 4. The fourth-order valence-corrected chi connectivity index (χ4v) is 3.28. The lowest BCUT2D eigenvalue weighted by Crippen LogP contribution is -2.40. The third-order valence-corrected chi connectivity index (χ3v) is 4.70. The molecule has 94 valence electrons. The summed E-state index contributed by atoms with van der Waals surface area (Å²) < 4.78 is -0.0810. The van der Waals surface area contributed by atoms with E-state index < -0.39 is 0 Å². The summed E-state index contributed by atoms with van der Waals surface area (Å²) in [6.07, 6.45) is 0.660. The number of alkyl halides is 1. The van der Waals surface area contributed by atoms with Gasteiger partial charge in [-0.25, -0.2) is 0 Å². The summed E-state index contributed by atoms with van der Waals surface area (Å²) in [5.74, 6) is 1.17. The average Bonchev–Trinajstić information content (AvgIpc) is 2.41.